The second-order valence-electron chi connectivity index (χ2n) is 10.9. The molecular weight excluding hydrogens is 606 g/mol. The van der Waals surface area contributed by atoms with Gasteiger partial charge >= 0.3 is 6.09 Å². The maximum Gasteiger partial charge on any atom is 0.407 e. The summed E-state index contributed by atoms with van der Waals surface area (Å²) in [6.45, 7) is 1.58. The number of alkyl carbamates (subject to hydrolysis) is 1. The van der Waals surface area contributed by atoms with Gasteiger partial charge in [0.05, 0.1) is 19.3 Å². The molecular formula is C36H38ClN3O4S. The van der Waals surface area contributed by atoms with Crippen molar-refractivity contribution in [3.05, 3.63) is 131 Å². The monoisotopic (exact) mass is 643 g/mol. The number of ether oxygens (including phenoxy) is 2. The molecule has 1 saturated heterocycles. The molecule has 0 saturated carbocycles. The van der Waals surface area contributed by atoms with Crippen LogP contribution in [-0.2, 0) is 20.7 Å². The molecule has 1 heterocycles. The molecule has 0 radical (unpaired) electrons. The van der Waals surface area contributed by atoms with E-state index in [2.05, 4.69) is 16.0 Å². The number of carbonyl (C=O) groups excluding carboxylic acids is 2. The number of amides is 2. The first-order valence-corrected chi connectivity index (χ1v) is 16.4. The van der Waals surface area contributed by atoms with Gasteiger partial charge in [-0.2, -0.15) is 0 Å². The second-order valence-corrected chi connectivity index (χ2v) is 12.4. The van der Waals surface area contributed by atoms with E-state index in [9.17, 15) is 9.59 Å². The lowest BCUT2D eigenvalue weighted by atomic mass is 9.84. The van der Waals surface area contributed by atoms with Gasteiger partial charge in [-0.3, -0.25) is 4.79 Å². The first-order valence-electron chi connectivity index (χ1n) is 15.1. The summed E-state index contributed by atoms with van der Waals surface area (Å²) in [6, 6.07) is 34.1. The number of benzene rings is 4. The van der Waals surface area contributed by atoms with Crippen LogP contribution in [0.2, 0.25) is 5.02 Å². The van der Waals surface area contributed by atoms with Crippen molar-refractivity contribution in [2.24, 2.45) is 0 Å². The quantitative estimate of drug-likeness (QED) is 0.145. The first kappa shape index (κ1) is 32.6. The highest BCUT2D eigenvalue weighted by Gasteiger charge is 2.33. The Morgan fingerprint density at radius 3 is 2.18 bits per heavy atom. The predicted molar refractivity (Wildman–Crippen MR) is 181 cm³/mol. The number of carbonyl (C=O) groups is 2. The smallest absolute Gasteiger partial charge is 0.407 e. The number of hydrogen-bond donors (Lipinski definition) is 3. The van der Waals surface area contributed by atoms with E-state index in [1.807, 2.05) is 109 Å². The summed E-state index contributed by atoms with van der Waals surface area (Å²) in [5, 5.41) is 10.2. The van der Waals surface area contributed by atoms with Gasteiger partial charge in [0.1, 0.15) is 6.04 Å². The summed E-state index contributed by atoms with van der Waals surface area (Å²) in [7, 11) is 1.29. The SMILES string of the molecule is COC(=O)NC(C(=O)Nc1ccccc1CCC1CNCC(CSc2ccc(Cl)cc2)O1)C(c1ccccc1)c1ccccc1. The fourth-order valence-corrected chi connectivity index (χ4v) is 6.56. The first-order chi connectivity index (χ1) is 22.0. The lowest BCUT2D eigenvalue weighted by Crippen LogP contribution is -2.48. The standard InChI is InChI=1S/C36H38ClN3O4S/c1-43-36(42)40-34(33(26-11-4-2-5-12-26)27-13-6-3-7-14-27)35(41)39-32-15-9-8-10-25(32)16-19-29-22-38-23-30(44-29)24-45-31-20-17-28(37)18-21-31/h2-15,17-18,20-21,29-30,33-34,38H,16,19,22-24H2,1H3,(H,39,41)(H,40,42). The Balaban J connectivity index is 1.27. The van der Waals surface area contributed by atoms with Crippen molar-refractivity contribution < 1.29 is 19.1 Å². The van der Waals surface area contributed by atoms with E-state index in [0.717, 1.165) is 58.3 Å². The largest absolute Gasteiger partial charge is 0.453 e. The zero-order valence-corrected chi connectivity index (χ0v) is 26.7. The molecule has 9 heteroatoms. The Hall–Kier alpha value is -3.82. The summed E-state index contributed by atoms with van der Waals surface area (Å²) >= 11 is 7.78. The van der Waals surface area contributed by atoms with Crippen molar-refractivity contribution in [2.45, 2.75) is 41.9 Å². The molecule has 4 aromatic rings. The number of hydrogen-bond acceptors (Lipinski definition) is 6. The van der Waals surface area contributed by atoms with Crippen molar-refractivity contribution in [1.29, 1.82) is 0 Å². The fourth-order valence-electron chi connectivity index (χ4n) is 5.53. The molecule has 0 spiro atoms. The number of halogens is 1. The molecule has 0 bridgehead atoms. The number of nitrogens with one attached hydrogen (secondary N) is 3. The Bertz CT molecular complexity index is 1490. The predicted octanol–water partition coefficient (Wildman–Crippen LogP) is 6.92. The second kappa shape index (κ2) is 16.5. The fraction of sp³-hybridized carbons (Fsp3) is 0.278. The summed E-state index contributed by atoms with van der Waals surface area (Å²) in [4.78, 5) is 27.7. The molecule has 2 amide bonds. The van der Waals surface area contributed by atoms with E-state index in [4.69, 9.17) is 21.1 Å². The van der Waals surface area contributed by atoms with E-state index < -0.39 is 18.1 Å². The average Bonchev–Trinajstić information content (AvgIpc) is 3.08. The highest BCUT2D eigenvalue weighted by Crippen LogP contribution is 2.30. The molecule has 1 aliphatic heterocycles. The van der Waals surface area contributed by atoms with Crippen LogP contribution in [0.1, 0.15) is 29.0 Å². The molecule has 4 aromatic carbocycles. The minimum Gasteiger partial charge on any atom is -0.453 e. The Kier molecular flexibility index (Phi) is 11.9. The van der Waals surface area contributed by atoms with Gasteiger partial charge in [0.2, 0.25) is 5.91 Å². The highest BCUT2D eigenvalue weighted by molar-refractivity contribution is 7.99. The lowest BCUT2D eigenvalue weighted by Gasteiger charge is -2.31. The van der Waals surface area contributed by atoms with Crippen LogP contribution in [0.15, 0.2) is 114 Å². The van der Waals surface area contributed by atoms with Crippen LogP contribution >= 0.6 is 23.4 Å². The Morgan fingerprint density at radius 1 is 0.889 bits per heavy atom. The third kappa shape index (κ3) is 9.34. The molecule has 1 aliphatic rings. The normalized spacial score (nSPS) is 17.0. The number of anilines is 1. The maximum absolute atomic E-state index is 14.0. The van der Waals surface area contributed by atoms with Crippen LogP contribution in [0.3, 0.4) is 0 Å². The van der Waals surface area contributed by atoms with Gasteiger partial charge < -0.3 is 25.4 Å². The molecule has 3 N–H and O–H groups in total. The van der Waals surface area contributed by atoms with Gasteiger partial charge in [0, 0.05) is 40.4 Å². The van der Waals surface area contributed by atoms with Crippen molar-refractivity contribution in [3.8, 4) is 0 Å². The lowest BCUT2D eigenvalue weighted by molar-refractivity contribution is -0.118. The molecule has 7 nitrogen and oxygen atoms in total. The van der Waals surface area contributed by atoms with Gasteiger partial charge in [0.15, 0.2) is 0 Å². The molecule has 3 unspecified atom stereocenters. The van der Waals surface area contributed by atoms with Gasteiger partial charge in [0.25, 0.3) is 0 Å². The van der Waals surface area contributed by atoms with E-state index >= 15 is 0 Å². The van der Waals surface area contributed by atoms with Crippen LogP contribution < -0.4 is 16.0 Å². The van der Waals surface area contributed by atoms with Gasteiger partial charge in [-0.1, -0.05) is 90.5 Å². The van der Waals surface area contributed by atoms with Crippen molar-refractivity contribution >= 4 is 41.1 Å². The zero-order valence-electron chi connectivity index (χ0n) is 25.2. The summed E-state index contributed by atoms with van der Waals surface area (Å²) in [5.74, 6) is 0.0690. The van der Waals surface area contributed by atoms with Crippen LogP contribution in [0.4, 0.5) is 10.5 Å². The van der Waals surface area contributed by atoms with E-state index in [1.165, 1.54) is 7.11 Å². The number of aryl methyl sites for hydroxylation is 1. The van der Waals surface area contributed by atoms with Gasteiger partial charge in [-0.05, 0) is 59.9 Å². The molecule has 1 fully saturated rings. The topological polar surface area (TPSA) is 88.7 Å². The third-order valence-electron chi connectivity index (χ3n) is 7.78. The number of methoxy groups -OCH3 is 1. The van der Waals surface area contributed by atoms with E-state index in [1.54, 1.807) is 11.8 Å². The molecule has 0 aliphatic carbocycles. The van der Waals surface area contributed by atoms with Crippen LogP contribution in [0, 0.1) is 0 Å². The van der Waals surface area contributed by atoms with Gasteiger partial charge in [-0.15, -0.1) is 11.8 Å². The molecule has 5 rings (SSSR count). The Morgan fingerprint density at radius 2 is 1.51 bits per heavy atom. The molecule has 3 atom stereocenters. The van der Waals surface area contributed by atoms with E-state index in [-0.39, 0.29) is 18.1 Å². The molecule has 45 heavy (non-hydrogen) atoms. The van der Waals surface area contributed by atoms with Gasteiger partial charge in [-0.25, -0.2) is 4.79 Å². The minimum absolute atomic E-state index is 0.0487. The maximum atomic E-state index is 14.0. The minimum atomic E-state index is -0.930. The van der Waals surface area contributed by atoms with Crippen molar-refractivity contribution in [2.75, 3.05) is 31.3 Å². The summed E-state index contributed by atoms with van der Waals surface area (Å²) in [6.07, 6.45) is 0.981. The number of para-hydroxylation sites is 1. The van der Waals surface area contributed by atoms with Crippen LogP contribution in [0.5, 0.6) is 0 Å². The third-order valence-corrected chi connectivity index (χ3v) is 9.18. The molecule has 0 aromatic heterocycles. The number of thioether (sulfide) groups is 1. The highest BCUT2D eigenvalue weighted by atomic mass is 35.5. The molecule has 234 valence electrons. The number of morpholine rings is 1. The number of rotatable bonds is 12. The van der Waals surface area contributed by atoms with Crippen molar-refractivity contribution in [3.63, 3.8) is 0 Å². The Labute approximate surface area is 274 Å². The summed E-state index contributed by atoms with van der Waals surface area (Å²) < 4.78 is 11.4. The van der Waals surface area contributed by atoms with Crippen LogP contribution in [0.25, 0.3) is 0 Å². The zero-order chi connectivity index (χ0) is 31.4. The van der Waals surface area contributed by atoms with Crippen LogP contribution in [-0.4, -0.2) is 56.2 Å². The van der Waals surface area contributed by atoms with Crippen molar-refractivity contribution in [1.82, 2.24) is 10.6 Å². The summed E-state index contributed by atoms with van der Waals surface area (Å²) in [5.41, 5.74) is 3.51. The average molecular weight is 644 g/mol. The van der Waals surface area contributed by atoms with E-state index in [0.29, 0.717) is 5.69 Å².